The number of hydrogen-bond donors (Lipinski definition) is 1. The molecule has 17 heteroatoms. The monoisotopic (exact) mass is 764 g/mol. The van der Waals surface area contributed by atoms with E-state index in [9.17, 15) is 26.3 Å². The maximum absolute atomic E-state index is 13.8. The van der Waals surface area contributed by atoms with E-state index in [1.807, 2.05) is 79.8 Å². The van der Waals surface area contributed by atoms with Crippen molar-refractivity contribution < 1.29 is 26.3 Å². The molecule has 0 saturated carbocycles. The van der Waals surface area contributed by atoms with Crippen LogP contribution in [0.4, 0.5) is 37.8 Å². The highest BCUT2D eigenvalue weighted by Crippen LogP contribution is 2.40. The molecule has 7 rings (SSSR count). The van der Waals surface area contributed by atoms with Crippen LogP contribution in [0.15, 0.2) is 96.9 Å². The Balaban J connectivity index is 1.34. The minimum absolute atomic E-state index is 0.0178. The molecule has 54 heavy (non-hydrogen) atoms. The summed E-state index contributed by atoms with van der Waals surface area (Å²) in [6.45, 7) is 0.404. The Morgan fingerprint density at radius 2 is 1.37 bits per heavy atom. The van der Waals surface area contributed by atoms with Gasteiger partial charge < -0.3 is 15.5 Å². The van der Waals surface area contributed by atoms with Gasteiger partial charge in [0.25, 0.3) is 0 Å². The molecule has 5 heterocycles. The maximum atomic E-state index is 13.8. The number of thiophene rings is 1. The number of halogens is 6. The third-order valence-corrected chi connectivity index (χ3v) is 9.96. The summed E-state index contributed by atoms with van der Waals surface area (Å²) < 4.78 is 85.7. The number of rotatable bonds is 10. The summed E-state index contributed by atoms with van der Waals surface area (Å²) in [5.41, 5.74) is 7.77. The summed E-state index contributed by atoms with van der Waals surface area (Å²) in [6.07, 6.45) is -4.55. The molecule has 0 aliphatic carbocycles. The van der Waals surface area contributed by atoms with Gasteiger partial charge in [0, 0.05) is 48.2 Å². The summed E-state index contributed by atoms with van der Waals surface area (Å²) in [5, 5.41) is 11.2. The van der Waals surface area contributed by atoms with Gasteiger partial charge in [-0.2, -0.15) is 41.1 Å². The van der Waals surface area contributed by atoms with Crippen molar-refractivity contribution in [3.05, 3.63) is 119 Å². The summed E-state index contributed by atoms with van der Waals surface area (Å²) in [5.74, 6) is 0.674. The Morgan fingerprint density at radius 3 is 1.98 bits per heavy atom. The van der Waals surface area contributed by atoms with E-state index in [2.05, 4.69) is 21.0 Å². The van der Waals surface area contributed by atoms with Crippen LogP contribution in [-0.2, 0) is 18.9 Å². The summed E-state index contributed by atoms with van der Waals surface area (Å²) in [4.78, 5) is 16.1. The number of hydrogen-bond acceptors (Lipinski definition) is 9. The molecule has 2 aromatic carbocycles. The highest BCUT2D eigenvalue weighted by atomic mass is 32.1. The van der Waals surface area contributed by atoms with E-state index >= 15 is 0 Å². The van der Waals surface area contributed by atoms with Crippen molar-refractivity contribution in [1.29, 1.82) is 0 Å². The van der Waals surface area contributed by atoms with Gasteiger partial charge in [-0.25, -0.2) is 14.5 Å². The third-order valence-electron chi connectivity index (χ3n) is 9.10. The predicted molar refractivity (Wildman–Crippen MR) is 196 cm³/mol. The average Bonchev–Trinajstić information content (AvgIpc) is 3.90. The van der Waals surface area contributed by atoms with Gasteiger partial charge in [-0.05, 0) is 79.1 Å². The predicted octanol–water partition coefficient (Wildman–Crippen LogP) is 7.87. The number of benzene rings is 2. The SMILES string of the molecule is CN(C)c1cccc(-c2cnn3c(N(Cc4cccs4)C(C(N)c4ccnc5c(-c6cc(C(F)(F)F)cc(C(F)(F)F)c6)cnn45)N(C)C)ccnc23)c1. The number of likely N-dealkylation sites (N-methyl/N-ethyl adjacent to an activating group) is 1. The maximum Gasteiger partial charge on any atom is 0.416 e. The van der Waals surface area contributed by atoms with E-state index in [0.29, 0.717) is 35.8 Å². The van der Waals surface area contributed by atoms with Crippen molar-refractivity contribution in [3.63, 3.8) is 0 Å². The standard InChI is InChI=1S/C37H34F6N10S/c1-49(2)26-8-5-7-22(17-26)28-19-48-53-31(11-13-46-34(28)53)51(21-27-9-6-14-54-27)35(50(3)4)32(44)30-10-12-45-33-29(20-47-52(30)33)23-15-24(36(38,39)40)18-25(16-23)37(41,42)43/h5-20,32,35H,21,44H2,1-4H3. The number of aromatic nitrogens is 6. The van der Waals surface area contributed by atoms with Crippen molar-refractivity contribution in [1.82, 2.24) is 34.1 Å². The highest BCUT2D eigenvalue weighted by molar-refractivity contribution is 7.09. The minimum atomic E-state index is -5.02. The van der Waals surface area contributed by atoms with Gasteiger partial charge in [0.05, 0.1) is 41.8 Å². The first-order valence-electron chi connectivity index (χ1n) is 16.6. The van der Waals surface area contributed by atoms with Gasteiger partial charge in [-0.1, -0.05) is 18.2 Å². The smallest absolute Gasteiger partial charge is 0.378 e. The Bertz CT molecular complexity index is 2380. The zero-order valence-electron chi connectivity index (χ0n) is 29.4. The van der Waals surface area contributed by atoms with Crippen LogP contribution in [0.1, 0.15) is 27.7 Å². The largest absolute Gasteiger partial charge is 0.416 e. The van der Waals surface area contributed by atoms with E-state index in [1.165, 1.54) is 16.9 Å². The van der Waals surface area contributed by atoms with Crippen LogP contribution in [0.2, 0.25) is 0 Å². The number of fused-ring (bicyclic) bond motifs is 2. The molecule has 0 bridgehead atoms. The number of nitrogens with zero attached hydrogens (tertiary/aromatic N) is 9. The number of nitrogens with two attached hydrogens (primary N) is 1. The Labute approximate surface area is 309 Å². The molecule has 5 aromatic heterocycles. The third kappa shape index (κ3) is 6.97. The van der Waals surface area contributed by atoms with E-state index in [4.69, 9.17) is 15.8 Å². The zero-order chi connectivity index (χ0) is 38.5. The van der Waals surface area contributed by atoms with Crippen molar-refractivity contribution in [2.24, 2.45) is 5.73 Å². The molecule has 10 nitrogen and oxygen atoms in total. The zero-order valence-corrected chi connectivity index (χ0v) is 30.2. The van der Waals surface area contributed by atoms with Crippen LogP contribution < -0.4 is 15.5 Å². The minimum Gasteiger partial charge on any atom is -0.378 e. The van der Waals surface area contributed by atoms with E-state index < -0.39 is 35.7 Å². The first kappa shape index (κ1) is 36.8. The van der Waals surface area contributed by atoms with Gasteiger partial charge >= 0.3 is 12.4 Å². The molecule has 0 spiro atoms. The number of alkyl halides is 6. The summed E-state index contributed by atoms with van der Waals surface area (Å²) >= 11 is 1.56. The molecule has 0 fully saturated rings. The van der Waals surface area contributed by atoms with Crippen LogP contribution in [0, 0.1) is 0 Å². The average molecular weight is 765 g/mol. The van der Waals surface area contributed by atoms with Crippen LogP contribution in [0.25, 0.3) is 33.5 Å². The molecule has 7 aromatic rings. The molecular weight excluding hydrogens is 731 g/mol. The lowest BCUT2D eigenvalue weighted by molar-refractivity contribution is -0.143. The molecule has 0 aliphatic heterocycles. The number of anilines is 2. The fraction of sp³-hybridized carbons (Fsp3) is 0.243. The van der Waals surface area contributed by atoms with Crippen molar-refractivity contribution in [3.8, 4) is 22.3 Å². The van der Waals surface area contributed by atoms with Gasteiger partial charge in [0.1, 0.15) is 12.0 Å². The lowest BCUT2D eigenvalue weighted by atomic mass is 10.0. The molecular formula is C37H34F6N10S. The van der Waals surface area contributed by atoms with Crippen molar-refractivity contribution in [2.75, 3.05) is 38.0 Å². The molecule has 2 unspecified atom stereocenters. The van der Waals surface area contributed by atoms with Crippen LogP contribution in [0.3, 0.4) is 0 Å². The Morgan fingerprint density at radius 1 is 0.741 bits per heavy atom. The van der Waals surface area contributed by atoms with Crippen LogP contribution in [0.5, 0.6) is 0 Å². The second-order valence-electron chi connectivity index (χ2n) is 13.1. The fourth-order valence-electron chi connectivity index (χ4n) is 6.56. The van der Waals surface area contributed by atoms with Crippen molar-refractivity contribution in [2.45, 2.75) is 31.1 Å². The molecule has 2 atom stereocenters. The lowest BCUT2D eigenvalue weighted by Crippen LogP contribution is -2.52. The van der Waals surface area contributed by atoms with E-state index in [0.717, 1.165) is 21.7 Å². The fourth-order valence-corrected chi connectivity index (χ4v) is 7.26. The highest BCUT2D eigenvalue weighted by Gasteiger charge is 2.38. The normalized spacial score (nSPS) is 13.6. The first-order chi connectivity index (χ1) is 25.6. The molecule has 0 saturated heterocycles. The molecule has 0 amide bonds. The molecule has 0 radical (unpaired) electrons. The second kappa shape index (κ2) is 14.0. The second-order valence-corrected chi connectivity index (χ2v) is 14.1. The quantitative estimate of drug-likeness (QED) is 0.111. The van der Waals surface area contributed by atoms with E-state index in [-0.39, 0.29) is 22.8 Å². The molecule has 2 N–H and O–H groups in total. The summed E-state index contributed by atoms with van der Waals surface area (Å²) in [7, 11) is 7.65. The first-order valence-corrected chi connectivity index (χ1v) is 17.4. The van der Waals surface area contributed by atoms with Gasteiger partial charge in [-0.15, -0.1) is 11.3 Å². The topological polar surface area (TPSA) is 96.1 Å². The van der Waals surface area contributed by atoms with E-state index in [1.54, 1.807) is 34.3 Å². The molecule has 280 valence electrons. The van der Waals surface area contributed by atoms with Crippen molar-refractivity contribution >= 4 is 34.1 Å². The Kier molecular flexibility index (Phi) is 9.57. The Hall–Kier alpha value is -5.52. The van der Waals surface area contributed by atoms with Gasteiger partial charge in [-0.3, -0.25) is 4.90 Å². The van der Waals surface area contributed by atoms with Crippen LogP contribution >= 0.6 is 11.3 Å². The lowest BCUT2D eigenvalue weighted by Gasteiger charge is -2.40. The summed E-state index contributed by atoms with van der Waals surface area (Å²) in [6, 6.07) is 16.0. The molecule has 0 aliphatic rings. The van der Waals surface area contributed by atoms with Gasteiger partial charge in [0.2, 0.25) is 0 Å². The van der Waals surface area contributed by atoms with Gasteiger partial charge in [0.15, 0.2) is 11.3 Å². The van der Waals surface area contributed by atoms with Crippen LogP contribution in [-0.4, -0.2) is 68.5 Å².